The Bertz CT molecular complexity index is 457. The van der Waals surface area contributed by atoms with Gasteiger partial charge in [-0.25, -0.2) is 0 Å². The number of amides is 1. The summed E-state index contributed by atoms with van der Waals surface area (Å²) >= 11 is 5.98. The van der Waals surface area contributed by atoms with Crippen LogP contribution in [-0.4, -0.2) is 30.4 Å². The molecule has 19 heavy (non-hydrogen) atoms. The van der Waals surface area contributed by atoms with Crippen molar-refractivity contribution < 1.29 is 4.79 Å². The van der Waals surface area contributed by atoms with Gasteiger partial charge in [0.15, 0.2) is 0 Å². The monoisotopic (exact) mass is 282 g/mol. The molecule has 0 aliphatic rings. The fourth-order valence-corrected chi connectivity index (χ4v) is 2.08. The molecule has 0 saturated heterocycles. The number of nitrogens with zero attached hydrogens (tertiary/aromatic N) is 1. The Hall–Kier alpha value is -1.06. The molecule has 0 atom stereocenters. The summed E-state index contributed by atoms with van der Waals surface area (Å²) < 4.78 is 0. The van der Waals surface area contributed by atoms with Crippen LogP contribution in [0.1, 0.15) is 36.7 Å². The third-order valence-corrected chi connectivity index (χ3v) is 3.51. The molecule has 0 aliphatic carbocycles. The van der Waals surface area contributed by atoms with Crippen LogP contribution in [0.4, 0.5) is 0 Å². The topological polar surface area (TPSA) is 46.3 Å². The molecular formula is C15H23ClN2O. The second-order valence-corrected chi connectivity index (χ2v) is 6.08. The van der Waals surface area contributed by atoms with Crippen molar-refractivity contribution >= 4 is 17.5 Å². The predicted octanol–water partition coefficient (Wildman–Crippen LogP) is 3.10. The van der Waals surface area contributed by atoms with E-state index in [2.05, 4.69) is 13.8 Å². The van der Waals surface area contributed by atoms with Crippen LogP contribution in [0.25, 0.3) is 0 Å². The Morgan fingerprint density at radius 2 is 2.05 bits per heavy atom. The van der Waals surface area contributed by atoms with Gasteiger partial charge in [0, 0.05) is 23.7 Å². The SMILES string of the molecule is CCN(CC(C)(C)CN)C(=O)c1cc(Cl)ccc1C. The van der Waals surface area contributed by atoms with Crippen molar-refractivity contribution in [2.75, 3.05) is 19.6 Å². The van der Waals surface area contributed by atoms with Gasteiger partial charge in [0.25, 0.3) is 5.91 Å². The fraction of sp³-hybridized carbons (Fsp3) is 0.533. The highest BCUT2D eigenvalue weighted by molar-refractivity contribution is 6.31. The summed E-state index contributed by atoms with van der Waals surface area (Å²) in [6.45, 7) is 9.88. The summed E-state index contributed by atoms with van der Waals surface area (Å²) in [5.41, 5.74) is 7.27. The number of hydrogen-bond donors (Lipinski definition) is 1. The summed E-state index contributed by atoms with van der Waals surface area (Å²) in [6.07, 6.45) is 0. The van der Waals surface area contributed by atoms with Gasteiger partial charge < -0.3 is 10.6 Å². The molecule has 0 unspecified atom stereocenters. The predicted molar refractivity (Wildman–Crippen MR) is 80.6 cm³/mol. The third-order valence-electron chi connectivity index (χ3n) is 3.27. The van der Waals surface area contributed by atoms with Gasteiger partial charge in [-0.05, 0) is 43.5 Å². The van der Waals surface area contributed by atoms with E-state index in [9.17, 15) is 4.79 Å². The molecule has 0 radical (unpaired) electrons. The Kier molecular flexibility index (Phi) is 5.39. The summed E-state index contributed by atoms with van der Waals surface area (Å²) in [5, 5.41) is 0.586. The number of nitrogens with two attached hydrogens (primary N) is 1. The van der Waals surface area contributed by atoms with Crippen LogP contribution in [-0.2, 0) is 0 Å². The quantitative estimate of drug-likeness (QED) is 0.902. The van der Waals surface area contributed by atoms with Crippen molar-refractivity contribution in [2.24, 2.45) is 11.1 Å². The standard InChI is InChI=1S/C15H23ClN2O/c1-5-18(10-15(3,4)9-17)14(19)13-8-12(16)7-6-11(13)2/h6-8H,5,9-10,17H2,1-4H3. The smallest absolute Gasteiger partial charge is 0.254 e. The second-order valence-electron chi connectivity index (χ2n) is 5.65. The highest BCUT2D eigenvalue weighted by atomic mass is 35.5. The molecule has 4 heteroatoms. The number of carbonyl (C=O) groups excluding carboxylic acids is 1. The maximum Gasteiger partial charge on any atom is 0.254 e. The number of rotatable bonds is 5. The van der Waals surface area contributed by atoms with Crippen molar-refractivity contribution in [2.45, 2.75) is 27.7 Å². The number of carbonyl (C=O) groups is 1. The Morgan fingerprint density at radius 3 is 2.58 bits per heavy atom. The van der Waals surface area contributed by atoms with Gasteiger partial charge in [-0.3, -0.25) is 4.79 Å². The first-order chi connectivity index (χ1) is 8.80. The fourth-order valence-electron chi connectivity index (χ4n) is 1.90. The number of aryl methyl sites for hydroxylation is 1. The minimum atomic E-state index is -0.0852. The number of benzene rings is 1. The van der Waals surface area contributed by atoms with Gasteiger partial charge in [-0.15, -0.1) is 0 Å². The van der Waals surface area contributed by atoms with Crippen LogP contribution >= 0.6 is 11.6 Å². The molecule has 0 heterocycles. The van der Waals surface area contributed by atoms with Crippen molar-refractivity contribution in [1.82, 2.24) is 4.90 Å². The van der Waals surface area contributed by atoms with E-state index in [4.69, 9.17) is 17.3 Å². The Balaban J connectivity index is 2.99. The number of halogens is 1. The first-order valence-corrected chi connectivity index (χ1v) is 6.94. The summed E-state index contributed by atoms with van der Waals surface area (Å²) in [7, 11) is 0. The normalized spacial score (nSPS) is 11.5. The van der Waals surface area contributed by atoms with Gasteiger partial charge in [0.2, 0.25) is 0 Å². The van der Waals surface area contributed by atoms with E-state index in [1.165, 1.54) is 0 Å². The van der Waals surface area contributed by atoms with Crippen LogP contribution in [0.5, 0.6) is 0 Å². The molecule has 0 saturated carbocycles. The molecule has 1 rings (SSSR count). The lowest BCUT2D eigenvalue weighted by Crippen LogP contribution is -2.42. The zero-order valence-corrected chi connectivity index (χ0v) is 12.9. The van der Waals surface area contributed by atoms with Gasteiger partial charge in [-0.2, -0.15) is 0 Å². The molecule has 1 amide bonds. The molecule has 2 N–H and O–H groups in total. The van der Waals surface area contributed by atoms with Crippen molar-refractivity contribution in [3.8, 4) is 0 Å². The molecule has 0 fully saturated rings. The number of hydrogen-bond acceptors (Lipinski definition) is 2. The van der Waals surface area contributed by atoms with Crippen LogP contribution in [0, 0.1) is 12.3 Å². The second kappa shape index (κ2) is 6.40. The molecule has 0 aliphatic heterocycles. The largest absolute Gasteiger partial charge is 0.338 e. The molecule has 1 aromatic carbocycles. The molecule has 3 nitrogen and oxygen atoms in total. The van der Waals surface area contributed by atoms with E-state index in [-0.39, 0.29) is 11.3 Å². The zero-order chi connectivity index (χ0) is 14.6. The van der Waals surface area contributed by atoms with E-state index in [1.54, 1.807) is 12.1 Å². The average molecular weight is 283 g/mol. The Morgan fingerprint density at radius 1 is 1.42 bits per heavy atom. The molecule has 0 aromatic heterocycles. The molecule has 1 aromatic rings. The maximum absolute atomic E-state index is 12.6. The van der Waals surface area contributed by atoms with Crippen LogP contribution < -0.4 is 5.73 Å². The van der Waals surface area contributed by atoms with Crippen LogP contribution in [0.3, 0.4) is 0 Å². The van der Waals surface area contributed by atoms with Crippen molar-refractivity contribution in [1.29, 1.82) is 0 Å². The average Bonchev–Trinajstić information content (AvgIpc) is 2.38. The highest BCUT2D eigenvalue weighted by Crippen LogP contribution is 2.20. The third kappa shape index (κ3) is 4.22. The van der Waals surface area contributed by atoms with Gasteiger partial charge in [0.1, 0.15) is 0 Å². The lowest BCUT2D eigenvalue weighted by molar-refractivity contribution is 0.0700. The molecular weight excluding hydrogens is 260 g/mol. The van der Waals surface area contributed by atoms with E-state index in [0.717, 1.165) is 5.56 Å². The molecule has 0 bridgehead atoms. The van der Waals surface area contributed by atoms with Crippen LogP contribution in [0.15, 0.2) is 18.2 Å². The summed E-state index contributed by atoms with van der Waals surface area (Å²) in [5.74, 6) is 0.0176. The van der Waals surface area contributed by atoms with Crippen molar-refractivity contribution in [3.05, 3.63) is 34.3 Å². The lowest BCUT2D eigenvalue weighted by atomic mass is 9.92. The van der Waals surface area contributed by atoms with E-state index in [0.29, 0.717) is 30.2 Å². The lowest BCUT2D eigenvalue weighted by Gasteiger charge is -2.31. The summed E-state index contributed by atoms with van der Waals surface area (Å²) in [6, 6.07) is 5.41. The zero-order valence-electron chi connectivity index (χ0n) is 12.2. The van der Waals surface area contributed by atoms with Gasteiger partial charge >= 0.3 is 0 Å². The maximum atomic E-state index is 12.6. The van der Waals surface area contributed by atoms with Gasteiger partial charge in [-0.1, -0.05) is 31.5 Å². The summed E-state index contributed by atoms with van der Waals surface area (Å²) in [4.78, 5) is 14.4. The van der Waals surface area contributed by atoms with Crippen LogP contribution in [0.2, 0.25) is 5.02 Å². The molecule has 0 spiro atoms. The highest BCUT2D eigenvalue weighted by Gasteiger charge is 2.24. The minimum Gasteiger partial charge on any atom is -0.338 e. The minimum absolute atomic E-state index is 0.0176. The molecule has 106 valence electrons. The van der Waals surface area contributed by atoms with E-state index in [1.807, 2.05) is 24.8 Å². The van der Waals surface area contributed by atoms with Crippen molar-refractivity contribution in [3.63, 3.8) is 0 Å². The van der Waals surface area contributed by atoms with E-state index < -0.39 is 0 Å². The first-order valence-electron chi connectivity index (χ1n) is 6.56. The van der Waals surface area contributed by atoms with Gasteiger partial charge in [0.05, 0.1) is 0 Å². The Labute approximate surface area is 120 Å². The first kappa shape index (κ1) is 16.0. The van der Waals surface area contributed by atoms with E-state index >= 15 is 0 Å².